The third kappa shape index (κ3) is 3.89. The second-order valence-electron chi connectivity index (χ2n) is 5.45. The Balaban J connectivity index is 2.08. The van der Waals surface area contributed by atoms with E-state index in [4.69, 9.17) is 21.1 Å². The van der Waals surface area contributed by atoms with Crippen molar-refractivity contribution in [2.24, 2.45) is 0 Å². The number of rotatable bonds is 5. The molecule has 3 atom stereocenters. The Morgan fingerprint density at radius 2 is 2.29 bits per heavy atom. The van der Waals surface area contributed by atoms with Gasteiger partial charge in [-0.3, -0.25) is 4.79 Å². The molecule has 116 valence electrons. The lowest BCUT2D eigenvalue weighted by Gasteiger charge is -2.19. The van der Waals surface area contributed by atoms with E-state index in [1.165, 1.54) is 7.11 Å². The van der Waals surface area contributed by atoms with Gasteiger partial charge in [0.15, 0.2) is 0 Å². The van der Waals surface area contributed by atoms with E-state index >= 15 is 0 Å². The third-order valence-corrected chi connectivity index (χ3v) is 4.22. The molecular weight excluding hydrogens is 290 g/mol. The van der Waals surface area contributed by atoms with Crippen LogP contribution in [-0.4, -0.2) is 31.8 Å². The summed E-state index contributed by atoms with van der Waals surface area (Å²) in [6.07, 6.45) is 1.61. The van der Waals surface area contributed by atoms with Crippen molar-refractivity contribution in [1.82, 2.24) is 5.32 Å². The van der Waals surface area contributed by atoms with E-state index in [1.54, 1.807) is 0 Å². The van der Waals surface area contributed by atoms with E-state index < -0.39 is 0 Å². The van der Waals surface area contributed by atoms with Gasteiger partial charge in [-0.05, 0) is 36.1 Å². The molecule has 1 aromatic rings. The summed E-state index contributed by atoms with van der Waals surface area (Å²) in [6, 6.07) is 5.43. The highest BCUT2D eigenvalue weighted by Crippen LogP contribution is 2.32. The summed E-state index contributed by atoms with van der Waals surface area (Å²) in [5, 5.41) is 3.84. The van der Waals surface area contributed by atoms with Crippen LogP contribution in [0.25, 0.3) is 0 Å². The van der Waals surface area contributed by atoms with Gasteiger partial charge in [0, 0.05) is 18.0 Å². The van der Waals surface area contributed by atoms with Crippen molar-refractivity contribution in [3.63, 3.8) is 0 Å². The van der Waals surface area contributed by atoms with Crippen molar-refractivity contribution in [2.45, 2.75) is 44.8 Å². The lowest BCUT2D eigenvalue weighted by atomic mass is 9.97. The number of benzene rings is 1. The Labute approximate surface area is 130 Å². The average molecular weight is 312 g/mol. The molecule has 1 aliphatic heterocycles. The Hall–Kier alpha value is -1.26. The molecule has 4 nitrogen and oxygen atoms in total. The monoisotopic (exact) mass is 311 g/mol. The molecule has 0 aromatic heterocycles. The molecule has 0 saturated carbocycles. The van der Waals surface area contributed by atoms with E-state index in [2.05, 4.69) is 19.2 Å². The van der Waals surface area contributed by atoms with Gasteiger partial charge in [-0.15, -0.1) is 0 Å². The van der Waals surface area contributed by atoms with Crippen molar-refractivity contribution in [3.05, 3.63) is 28.8 Å². The predicted octanol–water partition coefficient (Wildman–Crippen LogP) is 3.14. The van der Waals surface area contributed by atoms with Crippen LogP contribution in [0.5, 0.6) is 5.75 Å². The minimum Gasteiger partial charge on any atom is -0.489 e. The molecule has 0 bridgehead atoms. The molecule has 21 heavy (non-hydrogen) atoms. The minimum atomic E-state index is -0.278. The first-order chi connectivity index (χ1) is 10.0. The van der Waals surface area contributed by atoms with Gasteiger partial charge in [0.25, 0.3) is 0 Å². The summed E-state index contributed by atoms with van der Waals surface area (Å²) in [4.78, 5) is 11.5. The molecule has 1 heterocycles. The van der Waals surface area contributed by atoms with Gasteiger partial charge in [0.2, 0.25) is 0 Å². The molecule has 0 aliphatic carbocycles. The lowest BCUT2D eigenvalue weighted by Crippen LogP contribution is -2.31. The summed E-state index contributed by atoms with van der Waals surface area (Å²) in [5.74, 6) is 0.995. The zero-order valence-corrected chi connectivity index (χ0v) is 13.4. The standard InChI is InChI=1S/C16H22ClNO3/c1-4-10(2)13-7-11(17)5-6-15(13)21-12-8-14(18-9-12)16(19)20-3/h5-7,10,12,14,18H,4,8-9H2,1-3H3/t10-,12-,14-/m0/s1. The molecule has 1 aliphatic rings. The number of hydrogen-bond donors (Lipinski definition) is 1. The van der Waals surface area contributed by atoms with Crippen LogP contribution in [0, 0.1) is 0 Å². The van der Waals surface area contributed by atoms with E-state index in [9.17, 15) is 4.79 Å². The van der Waals surface area contributed by atoms with Crippen molar-refractivity contribution in [3.8, 4) is 5.75 Å². The quantitative estimate of drug-likeness (QED) is 0.849. The molecule has 1 N–H and O–H groups in total. The maximum Gasteiger partial charge on any atom is 0.323 e. The van der Waals surface area contributed by atoms with Crippen LogP contribution in [0.2, 0.25) is 5.02 Å². The maximum atomic E-state index is 11.5. The highest BCUT2D eigenvalue weighted by molar-refractivity contribution is 6.30. The summed E-state index contributed by atoms with van der Waals surface area (Å²) in [6.45, 7) is 4.94. The molecule has 1 aromatic carbocycles. The maximum absolute atomic E-state index is 11.5. The number of carbonyl (C=O) groups excluding carboxylic acids is 1. The number of esters is 1. The lowest BCUT2D eigenvalue weighted by molar-refractivity contribution is -0.142. The van der Waals surface area contributed by atoms with Crippen molar-refractivity contribution >= 4 is 17.6 Å². The van der Waals surface area contributed by atoms with Crippen LogP contribution in [-0.2, 0) is 9.53 Å². The third-order valence-electron chi connectivity index (χ3n) is 3.98. The van der Waals surface area contributed by atoms with Crippen molar-refractivity contribution in [2.75, 3.05) is 13.7 Å². The van der Waals surface area contributed by atoms with Crippen LogP contribution in [0.1, 0.15) is 38.2 Å². The van der Waals surface area contributed by atoms with Crippen LogP contribution in [0.4, 0.5) is 0 Å². The molecule has 0 spiro atoms. The first kappa shape index (κ1) is 16.1. The molecule has 5 heteroatoms. The largest absolute Gasteiger partial charge is 0.489 e. The molecule has 2 rings (SSSR count). The molecule has 1 fully saturated rings. The Morgan fingerprint density at radius 1 is 1.52 bits per heavy atom. The van der Waals surface area contributed by atoms with Gasteiger partial charge >= 0.3 is 5.97 Å². The van der Waals surface area contributed by atoms with Gasteiger partial charge in [0.1, 0.15) is 17.9 Å². The minimum absolute atomic E-state index is 0.0296. The Bertz CT molecular complexity index is 506. The fourth-order valence-electron chi connectivity index (χ4n) is 2.53. The molecule has 1 saturated heterocycles. The van der Waals surface area contributed by atoms with Gasteiger partial charge in [-0.1, -0.05) is 25.4 Å². The number of hydrogen-bond acceptors (Lipinski definition) is 4. The average Bonchev–Trinajstić information content (AvgIpc) is 2.96. The summed E-state index contributed by atoms with van der Waals surface area (Å²) in [5.41, 5.74) is 1.12. The fourth-order valence-corrected chi connectivity index (χ4v) is 2.71. The summed E-state index contributed by atoms with van der Waals surface area (Å²) >= 11 is 6.09. The van der Waals surface area contributed by atoms with Crippen molar-refractivity contribution in [1.29, 1.82) is 0 Å². The highest BCUT2D eigenvalue weighted by Gasteiger charge is 2.31. The summed E-state index contributed by atoms with van der Waals surface area (Å²) < 4.78 is 10.8. The van der Waals surface area contributed by atoms with Gasteiger partial charge in [0.05, 0.1) is 7.11 Å². The number of carbonyl (C=O) groups is 1. The predicted molar refractivity (Wildman–Crippen MR) is 83.0 cm³/mol. The first-order valence-corrected chi connectivity index (χ1v) is 7.70. The van der Waals surface area contributed by atoms with Gasteiger partial charge in [-0.2, -0.15) is 0 Å². The zero-order chi connectivity index (χ0) is 15.4. The van der Waals surface area contributed by atoms with Gasteiger partial charge < -0.3 is 14.8 Å². The SMILES string of the molecule is CC[C@H](C)c1cc(Cl)ccc1O[C@@H]1CN[C@H](C(=O)OC)C1. The van der Waals surface area contributed by atoms with Crippen LogP contribution < -0.4 is 10.1 Å². The first-order valence-electron chi connectivity index (χ1n) is 7.32. The van der Waals surface area contributed by atoms with E-state index in [0.717, 1.165) is 22.8 Å². The van der Waals surface area contributed by atoms with E-state index in [0.29, 0.717) is 18.9 Å². The number of ether oxygens (including phenoxy) is 2. The van der Waals surface area contributed by atoms with E-state index in [-0.39, 0.29) is 18.1 Å². The normalized spacial score (nSPS) is 22.9. The number of nitrogens with one attached hydrogen (secondary N) is 1. The van der Waals surface area contributed by atoms with Gasteiger partial charge in [-0.25, -0.2) is 0 Å². The van der Waals surface area contributed by atoms with Crippen LogP contribution in [0.15, 0.2) is 18.2 Å². The molecule has 0 radical (unpaired) electrons. The Kier molecular flexibility index (Phi) is 5.48. The summed E-state index contributed by atoms with van der Waals surface area (Å²) in [7, 11) is 1.40. The van der Waals surface area contributed by atoms with Crippen LogP contribution >= 0.6 is 11.6 Å². The smallest absolute Gasteiger partial charge is 0.323 e. The molecule has 0 unspecified atom stereocenters. The molecular formula is C16H22ClNO3. The highest BCUT2D eigenvalue weighted by atomic mass is 35.5. The number of methoxy groups -OCH3 is 1. The molecule has 0 amide bonds. The van der Waals surface area contributed by atoms with Crippen molar-refractivity contribution < 1.29 is 14.3 Å². The van der Waals surface area contributed by atoms with Crippen LogP contribution in [0.3, 0.4) is 0 Å². The topological polar surface area (TPSA) is 47.6 Å². The second-order valence-corrected chi connectivity index (χ2v) is 5.89. The fraction of sp³-hybridized carbons (Fsp3) is 0.562. The van der Waals surface area contributed by atoms with E-state index in [1.807, 2.05) is 18.2 Å². The number of halogens is 1. The second kappa shape index (κ2) is 7.14. The Morgan fingerprint density at radius 3 is 2.95 bits per heavy atom. The zero-order valence-electron chi connectivity index (χ0n) is 12.7.